The number of aliphatic carboxylic acids is 1. The minimum atomic E-state index is -2.71. The molecule has 1 rings (SSSR count). The van der Waals surface area contributed by atoms with Gasteiger partial charge in [0.15, 0.2) is 0 Å². The van der Waals surface area contributed by atoms with Gasteiger partial charge < -0.3 is 5.11 Å². The van der Waals surface area contributed by atoms with E-state index in [-0.39, 0.29) is 15.6 Å². The monoisotopic (exact) mass is 279 g/mol. The van der Waals surface area contributed by atoms with Crippen molar-refractivity contribution >= 4 is 21.9 Å². The van der Waals surface area contributed by atoms with E-state index < -0.39 is 18.8 Å². The number of nitrogens with zero attached hydrogens (tertiary/aromatic N) is 1. The maximum absolute atomic E-state index is 12.7. The third-order valence-corrected chi connectivity index (χ3v) is 2.57. The van der Waals surface area contributed by atoms with E-state index in [0.717, 1.165) is 0 Å². The van der Waals surface area contributed by atoms with E-state index in [1.807, 2.05) is 0 Å². The molecule has 0 saturated carbocycles. The van der Waals surface area contributed by atoms with Crippen LogP contribution in [-0.2, 0) is 11.2 Å². The summed E-state index contributed by atoms with van der Waals surface area (Å²) in [6.07, 6.45) is -1.91. The Balaban J connectivity index is 3.31. The first-order valence-electron chi connectivity index (χ1n) is 4.07. The molecule has 1 aromatic heterocycles. The Morgan fingerprint density at radius 2 is 2.27 bits per heavy atom. The van der Waals surface area contributed by atoms with Gasteiger partial charge in [0.25, 0.3) is 6.43 Å². The number of aromatic nitrogens is 1. The number of halogens is 3. The maximum Gasteiger partial charge on any atom is 0.307 e. The second kappa shape index (κ2) is 4.65. The number of alkyl halides is 2. The number of rotatable bonds is 3. The number of hydrogen-bond acceptors (Lipinski definition) is 2. The molecule has 0 radical (unpaired) electrons. The van der Waals surface area contributed by atoms with E-state index in [4.69, 9.17) is 5.11 Å². The molecule has 1 aromatic rings. The topological polar surface area (TPSA) is 50.2 Å². The standard InChI is InChI=1S/C9H8BrF2NO2/c1-4-5(2-7(14)15)8(9(11)12)6(10)3-13-4/h3,9H,2H2,1H3,(H,14,15). The van der Waals surface area contributed by atoms with Crippen LogP contribution in [0.15, 0.2) is 10.7 Å². The molecule has 0 atom stereocenters. The number of pyridine rings is 1. The van der Waals surface area contributed by atoms with Crippen molar-refractivity contribution in [3.63, 3.8) is 0 Å². The first kappa shape index (κ1) is 12.0. The minimum absolute atomic E-state index is 0.0758. The van der Waals surface area contributed by atoms with E-state index in [2.05, 4.69) is 20.9 Å². The van der Waals surface area contributed by atoms with Crippen molar-refractivity contribution in [2.24, 2.45) is 0 Å². The van der Waals surface area contributed by atoms with Gasteiger partial charge in [0.1, 0.15) is 0 Å². The number of carboxylic acid groups (broad SMARTS) is 1. The van der Waals surface area contributed by atoms with Crippen molar-refractivity contribution in [2.45, 2.75) is 19.8 Å². The lowest BCUT2D eigenvalue weighted by Crippen LogP contribution is -2.08. The molecule has 0 amide bonds. The zero-order valence-corrected chi connectivity index (χ0v) is 9.38. The highest BCUT2D eigenvalue weighted by atomic mass is 79.9. The Labute approximate surface area is 93.3 Å². The Bertz CT molecular complexity index is 396. The van der Waals surface area contributed by atoms with Gasteiger partial charge in [-0.15, -0.1) is 0 Å². The number of hydrogen-bond donors (Lipinski definition) is 1. The van der Waals surface area contributed by atoms with Crippen molar-refractivity contribution in [3.05, 3.63) is 27.5 Å². The molecule has 15 heavy (non-hydrogen) atoms. The highest BCUT2D eigenvalue weighted by Crippen LogP contribution is 2.31. The Hall–Kier alpha value is -1.04. The second-order valence-corrected chi connectivity index (χ2v) is 3.81. The van der Waals surface area contributed by atoms with E-state index in [9.17, 15) is 13.6 Å². The van der Waals surface area contributed by atoms with Gasteiger partial charge in [0, 0.05) is 21.9 Å². The van der Waals surface area contributed by atoms with Crippen molar-refractivity contribution in [3.8, 4) is 0 Å². The molecule has 0 aliphatic heterocycles. The quantitative estimate of drug-likeness (QED) is 0.926. The molecule has 6 heteroatoms. The summed E-state index contributed by atoms with van der Waals surface area (Å²) in [5.41, 5.74) is 0.104. The Kier molecular flexibility index (Phi) is 3.73. The molecule has 3 nitrogen and oxygen atoms in total. The molecule has 0 saturated heterocycles. The van der Waals surface area contributed by atoms with Gasteiger partial charge >= 0.3 is 5.97 Å². The van der Waals surface area contributed by atoms with Crippen LogP contribution in [0.5, 0.6) is 0 Å². The fourth-order valence-corrected chi connectivity index (χ4v) is 1.77. The van der Waals surface area contributed by atoms with E-state index in [1.54, 1.807) is 0 Å². The summed E-state index contributed by atoms with van der Waals surface area (Å²) >= 11 is 2.94. The SMILES string of the molecule is Cc1ncc(Br)c(C(F)F)c1CC(=O)O. The third kappa shape index (κ3) is 2.71. The predicted octanol–water partition coefficient (Wildman–Crippen LogP) is 2.72. The van der Waals surface area contributed by atoms with Crippen LogP contribution in [0.2, 0.25) is 0 Å². The van der Waals surface area contributed by atoms with Gasteiger partial charge in [-0.2, -0.15) is 0 Å². The van der Waals surface area contributed by atoms with Crippen molar-refractivity contribution < 1.29 is 18.7 Å². The molecule has 1 N–H and O–H groups in total. The van der Waals surface area contributed by atoms with Gasteiger partial charge in [-0.3, -0.25) is 9.78 Å². The molecule has 0 bridgehead atoms. The fourth-order valence-electron chi connectivity index (χ4n) is 1.25. The lowest BCUT2D eigenvalue weighted by Gasteiger charge is -2.11. The van der Waals surface area contributed by atoms with Crippen molar-refractivity contribution in [2.75, 3.05) is 0 Å². The molecule has 1 heterocycles. The lowest BCUT2D eigenvalue weighted by atomic mass is 10.0. The van der Waals surface area contributed by atoms with Crippen LogP contribution >= 0.6 is 15.9 Å². The van der Waals surface area contributed by atoms with Crippen LogP contribution < -0.4 is 0 Å². The first-order chi connectivity index (χ1) is 6.93. The molecule has 82 valence electrons. The van der Waals surface area contributed by atoms with Gasteiger partial charge in [0.05, 0.1) is 6.42 Å². The summed E-state index contributed by atoms with van der Waals surface area (Å²) in [5.74, 6) is -1.15. The van der Waals surface area contributed by atoms with Gasteiger partial charge in [0.2, 0.25) is 0 Å². The second-order valence-electron chi connectivity index (χ2n) is 2.95. The smallest absolute Gasteiger partial charge is 0.307 e. The largest absolute Gasteiger partial charge is 0.481 e. The fraction of sp³-hybridized carbons (Fsp3) is 0.333. The van der Waals surface area contributed by atoms with Crippen molar-refractivity contribution in [1.82, 2.24) is 4.98 Å². The number of carboxylic acids is 1. The average Bonchev–Trinajstić information content (AvgIpc) is 2.10. The Morgan fingerprint density at radius 3 is 2.73 bits per heavy atom. The number of aryl methyl sites for hydroxylation is 1. The third-order valence-electron chi connectivity index (χ3n) is 1.94. The molecule has 0 unspecified atom stereocenters. The summed E-state index contributed by atoms with van der Waals surface area (Å²) in [4.78, 5) is 14.4. The summed E-state index contributed by atoms with van der Waals surface area (Å²) < 4.78 is 25.5. The Morgan fingerprint density at radius 1 is 1.67 bits per heavy atom. The van der Waals surface area contributed by atoms with Gasteiger partial charge in [-0.25, -0.2) is 8.78 Å². The summed E-state index contributed by atoms with van der Waals surface area (Å²) in [6.45, 7) is 1.51. The summed E-state index contributed by atoms with van der Waals surface area (Å²) in [7, 11) is 0. The average molecular weight is 280 g/mol. The molecule has 0 aromatic carbocycles. The highest BCUT2D eigenvalue weighted by Gasteiger charge is 2.20. The normalized spacial score (nSPS) is 10.7. The zero-order valence-electron chi connectivity index (χ0n) is 7.80. The molecule has 0 fully saturated rings. The van der Waals surface area contributed by atoms with Crippen LogP contribution in [0, 0.1) is 6.92 Å². The molecule has 0 aliphatic rings. The zero-order chi connectivity index (χ0) is 11.6. The molecule has 0 spiro atoms. The molecule has 0 aliphatic carbocycles. The van der Waals surface area contributed by atoms with Gasteiger partial charge in [-0.05, 0) is 28.4 Å². The van der Waals surface area contributed by atoms with E-state index in [0.29, 0.717) is 5.69 Å². The van der Waals surface area contributed by atoms with Crippen LogP contribution in [0.3, 0.4) is 0 Å². The van der Waals surface area contributed by atoms with Crippen LogP contribution in [-0.4, -0.2) is 16.1 Å². The molecular weight excluding hydrogens is 272 g/mol. The minimum Gasteiger partial charge on any atom is -0.481 e. The van der Waals surface area contributed by atoms with Gasteiger partial charge in [-0.1, -0.05) is 0 Å². The summed E-state index contributed by atoms with van der Waals surface area (Å²) in [5, 5.41) is 8.60. The van der Waals surface area contributed by atoms with Crippen molar-refractivity contribution in [1.29, 1.82) is 0 Å². The summed E-state index contributed by atoms with van der Waals surface area (Å²) in [6, 6.07) is 0. The predicted molar refractivity (Wildman–Crippen MR) is 53.0 cm³/mol. The van der Waals surface area contributed by atoms with E-state index >= 15 is 0 Å². The number of carbonyl (C=O) groups is 1. The van der Waals surface area contributed by atoms with E-state index in [1.165, 1.54) is 13.1 Å². The highest BCUT2D eigenvalue weighted by molar-refractivity contribution is 9.10. The maximum atomic E-state index is 12.7. The first-order valence-corrected chi connectivity index (χ1v) is 4.86. The lowest BCUT2D eigenvalue weighted by molar-refractivity contribution is -0.136. The van der Waals surface area contributed by atoms with Crippen LogP contribution in [0.25, 0.3) is 0 Å². The van der Waals surface area contributed by atoms with Crippen LogP contribution in [0.1, 0.15) is 23.2 Å². The molecular formula is C9H8BrF2NO2. The van der Waals surface area contributed by atoms with Crippen LogP contribution in [0.4, 0.5) is 8.78 Å².